The molecule has 2 atom stereocenters. The van der Waals surface area contributed by atoms with Gasteiger partial charge in [-0.1, -0.05) is 74.8 Å². The van der Waals surface area contributed by atoms with Crippen LogP contribution in [0.2, 0.25) is 5.02 Å². The number of aromatic nitrogens is 2. The Morgan fingerprint density at radius 2 is 1.77 bits per heavy atom. The molecular weight excluding hydrogens is 584 g/mol. The number of aliphatic hydroxyl groups excluding tert-OH is 1. The fourth-order valence-electron chi connectivity index (χ4n) is 4.86. The van der Waals surface area contributed by atoms with Crippen LogP contribution in [0.3, 0.4) is 0 Å². The Morgan fingerprint density at radius 1 is 1.07 bits per heavy atom. The fraction of sp³-hybridized carbons (Fsp3) is 0.333. The molecular formula is C33H39ClN4O4S. The summed E-state index contributed by atoms with van der Waals surface area (Å²) in [4.78, 5) is 21.0. The number of amides is 1. The summed E-state index contributed by atoms with van der Waals surface area (Å²) < 4.78 is 23.3. The maximum atomic E-state index is 13.1. The molecule has 4 rings (SSSR count). The largest absolute Gasteiger partial charge is 0.396 e. The number of nitrogens with one attached hydrogen (secondary N) is 2. The lowest BCUT2D eigenvalue weighted by Crippen LogP contribution is -2.37. The topological polar surface area (TPSA) is 119 Å². The van der Waals surface area contributed by atoms with E-state index in [-0.39, 0.29) is 30.5 Å². The van der Waals surface area contributed by atoms with E-state index in [2.05, 4.69) is 36.1 Å². The van der Waals surface area contributed by atoms with Crippen molar-refractivity contribution in [2.45, 2.75) is 52.5 Å². The Morgan fingerprint density at radius 3 is 2.40 bits per heavy atom. The van der Waals surface area contributed by atoms with Gasteiger partial charge in [0.25, 0.3) is 17.2 Å². The van der Waals surface area contributed by atoms with Gasteiger partial charge in [0.2, 0.25) is 0 Å². The molecule has 0 fully saturated rings. The number of imidazole rings is 1. The molecule has 4 N–H and O–H groups in total. The minimum atomic E-state index is -2.25. The fourth-order valence-corrected chi connectivity index (χ4v) is 5.64. The molecule has 43 heavy (non-hydrogen) atoms. The van der Waals surface area contributed by atoms with Crippen LogP contribution in [0.4, 0.5) is 5.69 Å². The third-order valence-electron chi connectivity index (χ3n) is 7.03. The van der Waals surface area contributed by atoms with Crippen molar-refractivity contribution in [1.82, 2.24) is 15.3 Å². The summed E-state index contributed by atoms with van der Waals surface area (Å²) in [5.74, 6) is 0.679. The van der Waals surface area contributed by atoms with E-state index in [1.54, 1.807) is 30.3 Å². The van der Waals surface area contributed by atoms with E-state index in [0.717, 1.165) is 34.6 Å². The lowest BCUT2D eigenvalue weighted by molar-refractivity contribution is 0.0930. The van der Waals surface area contributed by atoms with Gasteiger partial charge in [-0.05, 0) is 71.7 Å². The molecule has 0 aliphatic heterocycles. The number of aliphatic hydroxyl groups is 1. The van der Waals surface area contributed by atoms with Gasteiger partial charge in [-0.2, -0.15) is 0 Å². The van der Waals surface area contributed by atoms with Crippen LogP contribution in [0.25, 0.3) is 11.3 Å². The van der Waals surface area contributed by atoms with Crippen LogP contribution in [0.15, 0.2) is 79.0 Å². The number of nitrogens with zero attached hydrogens (tertiary/aromatic N) is 2. The average Bonchev–Trinajstić information content (AvgIpc) is 3.41. The monoisotopic (exact) mass is 622 g/mol. The van der Waals surface area contributed by atoms with Crippen LogP contribution in [-0.2, 0) is 30.5 Å². The van der Waals surface area contributed by atoms with E-state index in [1.165, 1.54) is 4.31 Å². The van der Waals surface area contributed by atoms with Crippen molar-refractivity contribution in [3.8, 4) is 11.3 Å². The number of benzene rings is 3. The first kappa shape index (κ1) is 32.4. The number of halogens is 1. The van der Waals surface area contributed by atoms with E-state index in [0.29, 0.717) is 35.5 Å². The molecule has 2 unspecified atom stereocenters. The summed E-state index contributed by atoms with van der Waals surface area (Å²) in [6.45, 7) is 6.75. The van der Waals surface area contributed by atoms with Gasteiger partial charge in [-0.3, -0.25) is 13.7 Å². The molecule has 1 amide bonds. The van der Waals surface area contributed by atoms with Crippen LogP contribution >= 0.6 is 11.6 Å². The number of carbonyl (C=O) groups excluding carboxylic acids is 1. The molecule has 10 heteroatoms. The zero-order valence-corrected chi connectivity index (χ0v) is 26.3. The molecule has 0 saturated heterocycles. The molecule has 228 valence electrons. The van der Waals surface area contributed by atoms with Crippen molar-refractivity contribution >= 4 is 34.5 Å². The Labute approximate surface area is 260 Å². The Hall–Kier alpha value is -3.50. The first-order valence-corrected chi connectivity index (χ1v) is 15.7. The van der Waals surface area contributed by atoms with Gasteiger partial charge in [-0.15, -0.1) is 0 Å². The van der Waals surface area contributed by atoms with Crippen molar-refractivity contribution < 1.29 is 18.7 Å². The molecule has 0 aliphatic rings. The van der Waals surface area contributed by atoms with Crippen molar-refractivity contribution in [3.05, 3.63) is 107 Å². The summed E-state index contributed by atoms with van der Waals surface area (Å²) in [5, 5.41) is 13.3. The van der Waals surface area contributed by atoms with Gasteiger partial charge < -0.3 is 15.4 Å². The number of aromatic amines is 1. The molecule has 0 bridgehead atoms. The number of carbonyl (C=O) groups is 1. The van der Waals surface area contributed by atoms with Gasteiger partial charge >= 0.3 is 0 Å². The Bertz CT molecular complexity index is 1520. The molecule has 4 aromatic rings. The predicted molar refractivity (Wildman–Crippen MR) is 174 cm³/mol. The molecule has 1 aromatic heterocycles. The number of H-pyrrole nitrogens is 1. The SMILES string of the molecule is CC(C)(C)Cc1ncc(-c2ccc(CC(CCO)NC(=O)c3ccc(N(CCc4ccccc4Cl)S(=O)O)cc3)cc2)[nH]1. The second kappa shape index (κ2) is 14.8. The van der Waals surface area contributed by atoms with E-state index in [1.807, 2.05) is 48.7 Å². The molecule has 8 nitrogen and oxygen atoms in total. The normalized spacial score (nSPS) is 13.0. The highest BCUT2D eigenvalue weighted by Gasteiger charge is 2.18. The lowest BCUT2D eigenvalue weighted by Gasteiger charge is -2.21. The van der Waals surface area contributed by atoms with E-state index in [9.17, 15) is 18.7 Å². The summed E-state index contributed by atoms with van der Waals surface area (Å²) in [6.07, 6.45) is 4.16. The first-order valence-electron chi connectivity index (χ1n) is 14.3. The third kappa shape index (κ3) is 9.49. The van der Waals surface area contributed by atoms with Gasteiger partial charge in [-0.25, -0.2) is 9.19 Å². The van der Waals surface area contributed by atoms with Crippen LogP contribution in [-0.4, -0.2) is 48.9 Å². The summed E-state index contributed by atoms with van der Waals surface area (Å²) in [7, 11) is 0. The highest BCUT2D eigenvalue weighted by Crippen LogP contribution is 2.24. The van der Waals surface area contributed by atoms with E-state index < -0.39 is 11.3 Å². The first-order chi connectivity index (χ1) is 20.5. The lowest BCUT2D eigenvalue weighted by atomic mass is 9.92. The molecule has 0 saturated carbocycles. The van der Waals surface area contributed by atoms with Crippen LogP contribution in [0.1, 0.15) is 54.5 Å². The zero-order valence-electron chi connectivity index (χ0n) is 24.7. The van der Waals surface area contributed by atoms with Crippen molar-refractivity contribution in [2.24, 2.45) is 5.41 Å². The Kier molecular flexibility index (Phi) is 11.2. The molecule has 0 radical (unpaired) electrons. The number of anilines is 1. The zero-order chi connectivity index (χ0) is 31.0. The van der Waals surface area contributed by atoms with Crippen LogP contribution in [0.5, 0.6) is 0 Å². The van der Waals surface area contributed by atoms with Crippen LogP contribution < -0.4 is 9.62 Å². The molecule has 0 spiro atoms. The molecule has 0 aliphatic carbocycles. The van der Waals surface area contributed by atoms with Crippen LogP contribution in [0, 0.1) is 5.41 Å². The summed E-state index contributed by atoms with van der Waals surface area (Å²) in [5.41, 5.74) is 4.98. The maximum Gasteiger partial charge on any atom is 0.261 e. The van der Waals surface area contributed by atoms with Gasteiger partial charge in [0.15, 0.2) is 0 Å². The minimum Gasteiger partial charge on any atom is -0.396 e. The number of hydrogen-bond acceptors (Lipinski definition) is 4. The van der Waals surface area contributed by atoms with Gasteiger partial charge in [0.05, 0.1) is 17.6 Å². The second-order valence-electron chi connectivity index (χ2n) is 11.8. The van der Waals surface area contributed by atoms with E-state index >= 15 is 0 Å². The summed E-state index contributed by atoms with van der Waals surface area (Å²) >= 11 is 3.99. The maximum absolute atomic E-state index is 13.1. The molecule has 1 heterocycles. The number of rotatable bonds is 13. The van der Waals surface area contributed by atoms with Gasteiger partial charge in [0, 0.05) is 36.2 Å². The van der Waals surface area contributed by atoms with Crippen molar-refractivity contribution in [3.63, 3.8) is 0 Å². The standard InChI is InChI=1S/C33H39ClN4O4S/c1-33(2,3)21-31-35-22-30(37-31)25-10-8-23(9-11-25)20-27(17-19-39)36-32(40)26-12-14-28(15-13-26)38(43(41)42)18-16-24-6-4-5-7-29(24)34/h4-15,22,27,39H,16-21H2,1-3H3,(H,35,37)(H,36,40)(H,41,42). The van der Waals surface area contributed by atoms with Gasteiger partial charge in [0.1, 0.15) is 5.82 Å². The predicted octanol–water partition coefficient (Wildman–Crippen LogP) is 6.23. The summed E-state index contributed by atoms with van der Waals surface area (Å²) in [6, 6.07) is 21.8. The smallest absolute Gasteiger partial charge is 0.261 e. The van der Waals surface area contributed by atoms with Crippen molar-refractivity contribution in [1.29, 1.82) is 0 Å². The quantitative estimate of drug-likeness (QED) is 0.132. The Balaban J connectivity index is 1.37. The third-order valence-corrected chi connectivity index (χ3v) is 8.17. The highest BCUT2D eigenvalue weighted by atomic mass is 35.5. The highest BCUT2D eigenvalue weighted by molar-refractivity contribution is 7.80. The minimum absolute atomic E-state index is 0.0601. The van der Waals surface area contributed by atoms with Crippen molar-refractivity contribution in [2.75, 3.05) is 17.5 Å². The van der Waals surface area contributed by atoms with E-state index in [4.69, 9.17) is 11.6 Å². The molecule has 3 aromatic carbocycles. The number of hydrogen-bond donors (Lipinski definition) is 4. The average molecular weight is 623 g/mol. The second-order valence-corrected chi connectivity index (χ2v) is 13.1.